The maximum Gasteiger partial charge on any atom is 0.254 e. The van der Waals surface area contributed by atoms with Gasteiger partial charge in [-0.25, -0.2) is 0 Å². The smallest absolute Gasteiger partial charge is 0.254 e. The molecule has 0 atom stereocenters. The summed E-state index contributed by atoms with van der Waals surface area (Å²) in [5.41, 5.74) is 0.720. The van der Waals surface area contributed by atoms with Gasteiger partial charge in [0, 0.05) is 5.56 Å². The number of carbonyl (C=O) groups excluding carboxylic acids is 1. The molecule has 3 aromatic rings. The molecule has 27 heavy (non-hydrogen) atoms. The summed E-state index contributed by atoms with van der Waals surface area (Å²) in [7, 11) is 0. The number of benzene rings is 2. The Bertz CT molecular complexity index is 855. The number of hydrogen-bond donors (Lipinski definition) is 1. The first-order valence-electron chi connectivity index (χ1n) is 9.26. The SMILES string of the molecule is O=C(c1ccc(Oc2ccccc2)cc1)N1CC[NH+](Cc2cccs2)CC1. The van der Waals surface area contributed by atoms with Gasteiger partial charge in [-0.3, -0.25) is 4.79 Å². The predicted molar refractivity (Wildman–Crippen MR) is 108 cm³/mol. The van der Waals surface area contributed by atoms with Crippen molar-refractivity contribution in [3.8, 4) is 11.5 Å². The van der Waals surface area contributed by atoms with Crippen LogP contribution in [-0.2, 0) is 6.54 Å². The van der Waals surface area contributed by atoms with Crippen LogP contribution < -0.4 is 9.64 Å². The van der Waals surface area contributed by atoms with Gasteiger partial charge in [0.15, 0.2) is 0 Å². The number of nitrogens with one attached hydrogen (secondary N) is 1. The Morgan fingerprint density at radius 2 is 1.63 bits per heavy atom. The van der Waals surface area contributed by atoms with Crippen LogP contribution in [0, 0.1) is 0 Å². The van der Waals surface area contributed by atoms with Gasteiger partial charge in [0.05, 0.1) is 31.1 Å². The molecule has 2 heterocycles. The van der Waals surface area contributed by atoms with Crippen molar-refractivity contribution in [3.63, 3.8) is 0 Å². The number of amides is 1. The summed E-state index contributed by atoms with van der Waals surface area (Å²) in [6, 6.07) is 21.4. The van der Waals surface area contributed by atoms with Gasteiger partial charge < -0.3 is 14.5 Å². The van der Waals surface area contributed by atoms with E-state index in [-0.39, 0.29) is 5.91 Å². The van der Waals surface area contributed by atoms with Crippen LogP contribution in [-0.4, -0.2) is 37.0 Å². The molecule has 1 aromatic heterocycles. The third kappa shape index (κ3) is 4.56. The minimum Gasteiger partial charge on any atom is -0.457 e. The molecule has 1 amide bonds. The van der Waals surface area contributed by atoms with Crippen LogP contribution in [0.1, 0.15) is 15.2 Å². The molecule has 138 valence electrons. The highest BCUT2D eigenvalue weighted by atomic mass is 32.1. The first-order chi connectivity index (χ1) is 13.3. The van der Waals surface area contributed by atoms with Gasteiger partial charge in [-0.2, -0.15) is 0 Å². The fourth-order valence-corrected chi connectivity index (χ4v) is 4.11. The van der Waals surface area contributed by atoms with E-state index in [9.17, 15) is 4.79 Å². The molecule has 1 aliphatic rings. The number of hydrogen-bond acceptors (Lipinski definition) is 3. The second kappa shape index (κ2) is 8.37. The summed E-state index contributed by atoms with van der Waals surface area (Å²) in [6.07, 6.45) is 0. The van der Waals surface area contributed by atoms with Crippen molar-refractivity contribution in [3.05, 3.63) is 82.6 Å². The van der Waals surface area contributed by atoms with Crippen LogP contribution in [0.15, 0.2) is 72.1 Å². The highest BCUT2D eigenvalue weighted by Crippen LogP contribution is 2.21. The molecule has 4 nitrogen and oxygen atoms in total. The third-order valence-corrected chi connectivity index (χ3v) is 5.72. The molecule has 4 rings (SSSR count). The molecule has 2 aromatic carbocycles. The van der Waals surface area contributed by atoms with Crippen LogP contribution in [0.4, 0.5) is 0 Å². The summed E-state index contributed by atoms with van der Waals surface area (Å²) < 4.78 is 5.80. The molecule has 1 N–H and O–H groups in total. The quantitative estimate of drug-likeness (QED) is 0.739. The number of para-hydroxylation sites is 1. The normalized spacial score (nSPS) is 14.9. The molecule has 0 radical (unpaired) electrons. The Balaban J connectivity index is 1.32. The standard InChI is InChI=1S/C22H22N2O2S/c25-22(24-14-12-23(13-15-24)17-21-7-4-16-27-21)18-8-10-20(11-9-18)26-19-5-2-1-3-6-19/h1-11,16H,12-15,17H2/p+1. The monoisotopic (exact) mass is 379 g/mol. The fraction of sp³-hybridized carbons (Fsp3) is 0.227. The van der Waals surface area contributed by atoms with Gasteiger partial charge in [0.25, 0.3) is 5.91 Å². The van der Waals surface area contributed by atoms with E-state index >= 15 is 0 Å². The van der Waals surface area contributed by atoms with Crippen molar-refractivity contribution in [1.82, 2.24) is 4.90 Å². The molecule has 0 bridgehead atoms. The zero-order valence-corrected chi connectivity index (χ0v) is 16.0. The molecule has 5 heteroatoms. The zero-order valence-electron chi connectivity index (χ0n) is 15.1. The molecule has 1 saturated heterocycles. The van der Waals surface area contributed by atoms with Crippen molar-refractivity contribution in [2.45, 2.75) is 6.54 Å². The summed E-state index contributed by atoms with van der Waals surface area (Å²) in [6.45, 7) is 4.67. The maximum absolute atomic E-state index is 12.8. The highest BCUT2D eigenvalue weighted by molar-refractivity contribution is 7.09. The topological polar surface area (TPSA) is 34.0 Å². The molecule has 0 aliphatic carbocycles. The maximum atomic E-state index is 12.8. The Morgan fingerprint density at radius 3 is 2.30 bits per heavy atom. The van der Waals surface area contributed by atoms with Crippen molar-refractivity contribution in [1.29, 1.82) is 0 Å². The van der Waals surface area contributed by atoms with E-state index < -0.39 is 0 Å². The van der Waals surface area contributed by atoms with Crippen LogP contribution in [0.5, 0.6) is 11.5 Å². The molecule has 0 saturated carbocycles. The van der Waals surface area contributed by atoms with Gasteiger partial charge in [0.2, 0.25) is 0 Å². The second-order valence-electron chi connectivity index (χ2n) is 6.74. The molecule has 1 fully saturated rings. The van der Waals surface area contributed by atoms with Crippen molar-refractivity contribution >= 4 is 17.2 Å². The fourth-order valence-electron chi connectivity index (χ4n) is 3.34. The number of piperazine rings is 1. The van der Waals surface area contributed by atoms with E-state index in [0.29, 0.717) is 0 Å². The summed E-state index contributed by atoms with van der Waals surface area (Å²) in [5.74, 6) is 1.64. The number of rotatable bonds is 5. The lowest BCUT2D eigenvalue weighted by Crippen LogP contribution is -3.13. The number of ether oxygens (including phenoxy) is 1. The first kappa shape index (κ1) is 17.8. The first-order valence-corrected chi connectivity index (χ1v) is 10.1. The van der Waals surface area contributed by atoms with Crippen LogP contribution in [0.3, 0.4) is 0 Å². The molecular weight excluding hydrogens is 356 g/mol. The van der Waals surface area contributed by atoms with Crippen molar-refractivity contribution in [2.75, 3.05) is 26.2 Å². The average Bonchev–Trinajstić information content (AvgIpc) is 3.22. The van der Waals surface area contributed by atoms with Gasteiger partial charge in [0.1, 0.15) is 18.0 Å². The van der Waals surface area contributed by atoms with E-state index in [2.05, 4.69) is 17.5 Å². The largest absolute Gasteiger partial charge is 0.457 e. The lowest BCUT2D eigenvalue weighted by molar-refractivity contribution is -0.917. The third-order valence-electron chi connectivity index (χ3n) is 4.84. The molecule has 1 aliphatic heterocycles. The van der Waals surface area contributed by atoms with E-state index in [1.165, 1.54) is 4.88 Å². The Kier molecular flexibility index (Phi) is 5.51. The van der Waals surface area contributed by atoms with Crippen LogP contribution in [0.25, 0.3) is 0 Å². The summed E-state index contributed by atoms with van der Waals surface area (Å²) >= 11 is 1.81. The minimum absolute atomic E-state index is 0.108. The van der Waals surface area contributed by atoms with Crippen molar-refractivity contribution in [2.24, 2.45) is 0 Å². The lowest BCUT2D eigenvalue weighted by Gasteiger charge is -2.32. The molecule has 0 unspecified atom stereocenters. The van der Waals surface area contributed by atoms with Crippen LogP contribution in [0.2, 0.25) is 0 Å². The van der Waals surface area contributed by atoms with E-state index in [1.54, 1.807) is 4.90 Å². The van der Waals surface area contributed by atoms with Crippen molar-refractivity contribution < 1.29 is 14.4 Å². The highest BCUT2D eigenvalue weighted by Gasteiger charge is 2.24. The number of carbonyl (C=O) groups is 1. The Hall–Kier alpha value is -2.63. The van der Waals surface area contributed by atoms with E-state index in [4.69, 9.17) is 4.74 Å². The number of quaternary nitrogens is 1. The molecule has 0 spiro atoms. The van der Waals surface area contributed by atoms with Gasteiger partial charge >= 0.3 is 0 Å². The Morgan fingerprint density at radius 1 is 0.926 bits per heavy atom. The van der Waals surface area contributed by atoms with Gasteiger partial charge in [-0.1, -0.05) is 24.3 Å². The van der Waals surface area contributed by atoms with Gasteiger partial charge in [-0.05, 0) is 47.8 Å². The summed E-state index contributed by atoms with van der Waals surface area (Å²) in [5, 5.41) is 2.12. The van der Waals surface area contributed by atoms with Crippen LogP contribution >= 0.6 is 11.3 Å². The van der Waals surface area contributed by atoms with Gasteiger partial charge in [-0.15, -0.1) is 11.3 Å². The van der Waals surface area contributed by atoms with E-state index in [1.807, 2.05) is 70.8 Å². The number of nitrogens with zero attached hydrogens (tertiary/aromatic N) is 1. The number of thiophene rings is 1. The minimum atomic E-state index is 0.108. The second-order valence-corrected chi connectivity index (χ2v) is 7.77. The summed E-state index contributed by atoms with van der Waals surface area (Å²) in [4.78, 5) is 17.7. The molecular formula is C22H23N2O2S+. The predicted octanol–water partition coefficient (Wildman–Crippen LogP) is 3.08. The zero-order chi connectivity index (χ0) is 18.5. The van der Waals surface area contributed by atoms with E-state index in [0.717, 1.165) is 49.8 Å². The Labute approximate surface area is 163 Å². The lowest BCUT2D eigenvalue weighted by atomic mass is 10.1. The average molecular weight is 380 g/mol.